The summed E-state index contributed by atoms with van der Waals surface area (Å²) in [6.07, 6.45) is 7.21. The number of piperidine rings is 1. The van der Waals surface area contributed by atoms with Gasteiger partial charge in [-0.15, -0.1) is 0 Å². The third kappa shape index (κ3) is 4.91. The van der Waals surface area contributed by atoms with E-state index in [1.807, 2.05) is 41.3 Å². The molecule has 0 radical (unpaired) electrons. The summed E-state index contributed by atoms with van der Waals surface area (Å²) in [5.41, 5.74) is 0.892. The number of likely N-dealkylation sites (tertiary alicyclic amines) is 1. The van der Waals surface area contributed by atoms with E-state index in [1.54, 1.807) is 13.2 Å². The molecule has 0 spiro atoms. The average Bonchev–Trinajstić information content (AvgIpc) is 2.75. The Labute approximate surface area is 165 Å². The first-order chi connectivity index (χ1) is 13.6. The number of benzene rings is 2. The van der Waals surface area contributed by atoms with Crippen LogP contribution in [0.1, 0.15) is 38.2 Å². The smallest absolute Gasteiger partial charge is 0.331 e. The molecule has 0 aliphatic carbocycles. The highest BCUT2D eigenvalue weighted by Crippen LogP contribution is 2.22. The van der Waals surface area contributed by atoms with Crippen LogP contribution in [-0.2, 0) is 14.3 Å². The van der Waals surface area contributed by atoms with Gasteiger partial charge in [0.25, 0.3) is 5.91 Å². The van der Waals surface area contributed by atoms with Gasteiger partial charge in [-0.3, -0.25) is 4.79 Å². The third-order valence-electron chi connectivity index (χ3n) is 5.24. The Balaban J connectivity index is 1.56. The van der Waals surface area contributed by atoms with Gasteiger partial charge in [-0.25, -0.2) is 4.79 Å². The minimum atomic E-state index is -0.506. The molecule has 0 unspecified atom stereocenters. The maximum Gasteiger partial charge on any atom is 0.331 e. The fraction of sp³-hybridized carbons (Fsp3) is 0.391. The Hall–Kier alpha value is -2.82. The van der Waals surface area contributed by atoms with Gasteiger partial charge in [0, 0.05) is 18.7 Å². The highest BCUT2D eigenvalue weighted by Gasteiger charge is 2.25. The van der Waals surface area contributed by atoms with Crippen LogP contribution >= 0.6 is 0 Å². The zero-order valence-corrected chi connectivity index (χ0v) is 16.5. The van der Waals surface area contributed by atoms with Crippen molar-refractivity contribution in [3.05, 3.63) is 48.0 Å². The second-order valence-electron chi connectivity index (χ2n) is 7.06. The molecule has 1 aliphatic heterocycles. The van der Waals surface area contributed by atoms with E-state index in [0.29, 0.717) is 0 Å². The van der Waals surface area contributed by atoms with Crippen LogP contribution in [0.5, 0.6) is 5.75 Å². The van der Waals surface area contributed by atoms with E-state index in [0.717, 1.165) is 54.3 Å². The molecule has 28 heavy (non-hydrogen) atoms. The number of hydrogen-bond donors (Lipinski definition) is 0. The fourth-order valence-corrected chi connectivity index (χ4v) is 3.65. The first-order valence-electron chi connectivity index (χ1n) is 9.83. The number of fused-ring (bicyclic) bond motifs is 1. The van der Waals surface area contributed by atoms with E-state index in [-0.39, 0.29) is 18.6 Å². The molecule has 0 bridgehead atoms. The predicted octanol–water partition coefficient (Wildman–Crippen LogP) is 4.20. The first kappa shape index (κ1) is 19.9. The fourth-order valence-electron chi connectivity index (χ4n) is 3.65. The third-order valence-corrected chi connectivity index (χ3v) is 5.24. The van der Waals surface area contributed by atoms with E-state index in [4.69, 9.17) is 9.47 Å². The van der Waals surface area contributed by atoms with Gasteiger partial charge in [0.05, 0.1) is 7.11 Å². The van der Waals surface area contributed by atoms with Crippen molar-refractivity contribution in [1.82, 2.24) is 4.90 Å². The van der Waals surface area contributed by atoms with Crippen molar-refractivity contribution in [2.45, 2.75) is 38.6 Å². The number of ether oxygens (including phenoxy) is 2. The van der Waals surface area contributed by atoms with Crippen molar-refractivity contribution >= 4 is 28.7 Å². The van der Waals surface area contributed by atoms with Gasteiger partial charge >= 0.3 is 5.97 Å². The Bertz CT molecular complexity index is 874. The average molecular weight is 381 g/mol. The van der Waals surface area contributed by atoms with Gasteiger partial charge < -0.3 is 14.4 Å². The van der Waals surface area contributed by atoms with Crippen molar-refractivity contribution in [3.63, 3.8) is 0 Å². The van der Waals surface area contributed by atoms with Crippen molar-refractivity contribution in [2.24, 2.45) is 0 Å². The number of hydrogen-bond acceptors (Lipinski definition) is 4. The highest BCUT2D eigenvalue weighted by molar-refractivity contribution is 5.91. The minimum absolute atomic E-state index is 0.104. The lowest BCUT2D eigenvalue weighted by atomic mass is 10.00. The molecule has 1 atom stereocenters. The van der Waals surface area contributed by atoms with Gasteiger partial charge in [0.15, 0.2) is 6.61 Å². The summed E-state index contributed by atoms with van der Waals surface area (Å²) in [7, 11) is 1.64. The van der Waals surface area contributed by atoms with Crippen LogP contribution in [0.2, 0.25) is 0 Å². The second kappa shape index (κ2) is 9.40. The van der Waals surface area contributed by atoms with E-state index >= 15 is 0 Å². The molecular weight excluding hydrogens is 354 g/mol. The van der Waals surface area contributed by atoms with Gasteiger partial charge in [0.2, 0.25) is 0 Å². The van der Waals surface area contributed by atoms with E-state index in [1.165, 1.54) is 6.08 Å². The number of amides is 1. The number of rotatable bonds is 6. The summed E-state index contributed by atoms with van der Waals surface area (Å²) < 4.78 is 10.4. The predicted molar refractivity (Wildman–Crippen MR) is 110 cm³/mol. The SMILES string of the molecule is CC[C@@H]1CCCCN1C(=O)COC(=O)/C=C/c1ccc2cc(OC)ccc2c1. The molecule has 1 amide bonds. The van der Waals surface area contributed by atoms with Crippen LogP contribution < -0.4 is 4.74 Å². The topological polar surface area (TPSA) is 55.8 Å². The first-order valence-corrected chi connectivity index (χ1v) is 9.83. The molecule has 0 saturated carbocycles. The van der Waals surface area contributed by atoms with Crippen LogP contribution in [0.25, 0.3) is 16.8 Å². The van der Waals surface area contributed by atoms with Gasteiger partial charge in [-0.2, -0.15) is 0 Å². The summed E-state index contributed by atoms with van der Waals surface area (Å²) >= 11 is 0. The quantitative estimate of drug-likeness (QED) is 0.556. The molecule has 3 rings (SSSR count). The minimum Gasteiger partial charge on any atom is -0.497 e. The van der Waals surface area contributed by atoms with Gasteiger partial charge in [-0.05, 0) is 66.3 Å². The van der Waals surface area contributed by atoms with Crippen LogP contribution in [0, 0.1) is 0 Å². The van der Waals surface area contributed by atoms with Crippen LogP contribution in [-0.4, -0.2) is 43.1 Å². The monoisotopic (exact) mass is 381 g/mol. The number of carbonyl (C=O) groups excluding carboxylic acids is 2. The van der Waals surface area contributed by atoms with Gasteiger partial charge in [0.1, 0.15) is 5.75 Å². The number of esters is 1. The number of nitrogens with zero attached hydrogens (tertiary/aromatic N) is 1. The zero-order chi connectivity index (χ0) is 19.9. The van der Waals surface area contributed by atoms with Crippen LogP contribution in [0.3, 0.4) is 0 Å². The van der Waals surface area contributed by atoms with E-state index < -0.39 is 5.97 Å². The van der Waals surface area contributed by atoms with Crippen LogP contribution in [0.15, 0.2) is 42.5 Å². The summed E-state index contributed by atoms with van der Waals surface area (Å²) in [6.45, 7) is 2.65. The Morgan fingerprint density at radius 3 is 2.71 bits per heavy atom. The maximum atomic E-state index is 12.4. The Morgan fingerprint density at radius 1 is 1.14 bits per heavy atom. The maximum absolute atomic E-state index is 12.4. The van der Waals surface area contributed by atoms with E-state index in [2.05, 4.69) is 6.92 Å². The number of carbonyl (C=O) groups is 2. The Morgan fingerprint density at radius 2 is 1.93 bits per heavy atom. The molecule has 2 aromatic rings. The molecule has 5 heteroatoms. The van der Waals surface area contributed by atoms with Crippen molar-refractivity contribution in [2.75, 3.05) is 20.3 Å². The standard InChI is InChI=1S/C23H27NO4/c1-3-20-6-4-5-13-24(20)22(25)16-28-23(26)12-8-17-7-9-19-15-21(27-2)11-10-18(19)14-17/h7-12,14-15,20H,3-6,13,16H2,1-2H3/b12-8+/t20-/m1/s1. The number of methoxy groups -OCH3 is 1. The highest BCUT2D eigenvalue weighted by atomic mass is 16.5. The van der Waals surface area contributed by atoms with E-state index in [9.17, 15) is 9.59 Å². The lowest BCUT2D eigenvalue weighted by Gasteiger charge is -2.35. The van der Waals surface area contributed by atoms with Crippen LogP contribution in [0.4, 0.5) is 0 Å². The van der Waals surface area contributed by atoms with Crippen molar-refractivity contribution < 1.29 is 19.1 Å². The molecule has 0 aromatic heterocycles. The molecule has 1 fully saturated rings. The second-order valence-corrected chi connectivity index (χ2v) is 7.06. The normalized spacial score (nSPS) is 17.1. The largest absolute Gasteiger partial charge is 0.497 e. The molecule has 1 aliphatic rings. The lowest BCUT2D eigenvalue weighted by molar-refractivity contribution is -0.150. The van der Waals surface area contributed by atoms with Crippen molar-refractivity contribution in [1.29, 1.82) is 0 Å². The molecule has 2 aromatic carbocycles. The molecule has 0 N–H and O–H groups in total. The molecule has 1 saturated heterocycles. The molecular formula is C23H27NO4. The summed E-state index contributed by atoms with van der Waals surface area (Å²) in [5.74, 6) is 0.198. The summed E-state index contributed by atoms with van der Waals surface area (Å²) in [6, 6.07) is 12.0. The van der Waals surface area contributed by atoms with Gasteiger partial charge in [-0.1, -0.05) is 25.1 Å². The summed E-state index contributed by atoms with van der Waals surface area (Å²) in [4.78, 5) is 26.2. The zero-order valence-electron chi connectivity index (χ0n) is 16.5. The summed E-state index contributed by atoms with van der Waals surface area (Å²) in [5, 5.41) is 2.12. The molecule has 5 nitrogen and oxygen atoms in total. The molecule has 1 heterocycles. The van der Waals surface area contributed by atoms with Crippen molar-refractivity contribution in [3.8, 4) is 5.75 Å². The molecule has 148 valence electrons. The Kier molecular flexibility index (Phi) is 6.69. The lowest BCUT2D eigenvalue weighted by Crippen LogP contribution is -2.45.